The summed E-state index contributed by atoms with van der Waals surface area (Å²) in [5, 5.41) is 0. The van der Waals surface area contributed by atoms with E-state index in [-0.39, 0.29) is 21.4 Å². The zero-order chi connectivity index (χ0) is 13.3. The third-order valence-corrected chi connectivity index (χ3v) is 4.16. The molecule has 1 heterocycles. The molecule has 7 heteroatoms. The zero-order valence-corrected chi connectivity index (χ0v) is 10.2. The molecule has 94 valence electrons. The van der Waals surface area contributed by atoms with E-state index in [0.29, 0.717) is 5.69 Å². The number of nitrogens with two attached hydrogens (primary N) is 3. The number of aromatic nitrogens is 1. The lowest BCUT2D eigenvalue weighted by atomic mass is 10.3. The van der Waals surface area contributed by atoms with E-state index in [4.69, 9.17) is 17.2 Å². The number of pyridine rings is 1. The van der Waals surface area contributed by atoms with Gasteiger partial charge in [0.2, 0.25) is 9.84 Å². The van der Waals surface area contributed by atoms with Crippen molar-refractivity contribution >= 4 is 27.2 Å². The van der Waals surface area contributed by atoms with E-state index in [9.17, 15) is 8.42 Å². The second-order valence-corrected chi connectivity index (χ2v) is 5.61. The quantitative estimate of drug-likeness (QED) is 0.684. The van der Waals surface area contributed by atoms with Crippen molar-refractivity contribution in [1.29, 1.82) is 0 Å². The fraction of sp³-hybridized carbons (Fsp3) is 0. The van der Waals surface area contributed by atoms with Gasteiger partial charge in [0.15, 0.2) is 0 Å². The highest BCUT2D eigenvalue weighted by atomic mass is 32.2. The van der Waals surface area contributed by atoms with Crippen molar-refractivity contribution in [1.82, 2.24) is 4.98 Å². The second kappa shape index (κ2) is 4.19. The number of hydrogen-bond donors (Lipinski definition) is 3. The Bertz CT molecular complexity index is 698. The van der Waals surface area contributed by atoms with Gasteiger partial charge in [-0.15, -0.1) is 0 Å². The highest BCUT2D eigenvalue weighted by Crippen LogP contribution is 2.26. The van der Waals surface area contributed by atoms with Crippen molar-refractivity contribution in [3.8, 4) is 0 Å². The molecule has 1 aromatic carbocycles. The van der Waals surface area contributed by atoms with Crippen molar-refractivity contribution in [3.63, 3.8) is 0 Å². The minimum atomic E-state index is -3.73. The minimum absolute atomic E-state index is 0.0702. The molecule has 0 fully saturated rings. The SMILES string of the molecule is Nc1cccc(S(=O)(=O)c2ccc(N)nc2N)c1. The summed E-state index contributed by atoms with van der Waals surface area (Å²) >= 11 is 0. The van der Waals surface area contributed by atoms with E-state index < -0.39 is 9.84 Å². The summed E-state index contributed by atoms with van der Waals surface area (Å²) in [6.07, 6.45) is 0. The predicted octanol–water partition coefficient (Wildman–Crippen LogP) is 0.661. The number of hydrogen-bond acceptors (Lipinski definition) is 6. The fourth-order valence-electron chi connectivity index (χ4n) is 1.51. The average Bonchev–Trinajstić information content (AvgIpc) is 2.28. The van der Waals surface area contributed by atoms with Crippen LogP contribution in [0.5, 0.6) is 0 Å². The molecule has 1 aromatic heterocycles. The van der Waals surface area contributed by atoms with Gasteiger partial charge in [-0.1, -0.05) is 6.07 Å². The summed E-state index contributed by atoms with van der Waals surface area (Å²) in [5.41, 5.74) is 16.9. The van der Waals surface area contributed by atoms with Crippen LogP contribution in [0, 0.1) is 0 Å². The lowest BCUT2D eigenvalue weighted by molar-refractivity contribution is 0.596. The van der Waals surface area contributed by atoms with E-state index in [1.807, 2.05) is 0 Å². The summed E-state index contributed by atoms with van der Waals surface area (Å²) < 4.78 is 24.6. The van der Waals surface area contributed by atoms with Crippen LogP contribution in [0.4, 0.5) is 17.3 Å². The molecule has 6 N–H and O–H groups in total. The maximum Gasteiger partial charge on any atom is 0.210 e. The first-order valence-corrected chi connectivity index (χ1v) is 6.52. The largest absolute Gasteiger partial charge is 0.399 e. The molecule has 0 aliphatic carbocycles. The smallest absolute Gasteiger partial charge is 0.210 e. The Morgan fingerprint density at radius 2 is 1.72 bits per heavy atom. The first-order valence-electron chi connectivity index (χ1n) is 5.04. The molecule has 0 bridgehead atoms. The molecular weight excluding hydrogens is 252 g/mol. The van der Waals surface area contributed by atoms with E-state index in [1.165, 1.54) is 24.3 Å². The van der Waals surface area contributed by atoms with Crippen LogP contribution in [0.15, 0.2) is 46.2 Å². The highest BCUT2D eigenvalue weighted by molar-refractivity contribution is 7.91. The fourth-order valence-corrected chi connectivity index (χ4v) is 2.88. The Balaban J connectivity index is 2.62. The van der Waals surface area contributed by atoms with Gasteiger partial charge >= 0.3 is 0 Å². The van der Waals surface area contributed by atoms with Gasteiger partial charge in [-0.3, -0.25) is 0 Å². The summed E-state index contributed by atoms with van der Waals surface area (Å²) in [6.45, 7) is 0. The first kappa shape index (κ1) is 12.2. The maximum absolute atomic E-state index is 12.3. The van der Waals surface area contributed by atoms with Crippen molar-refractivity contribution in [2.75, 3.05) is 17.2 Å². The van der Waals surface area contributed by atoms with Gasteiger partial charge in [-0.05, 0) is 30.3 Å². The van der Waals surface area contributed by atoms with Gasteiger partial charge in [-0.25, -0.2) is 13.4 Å². The third-order valence-electron chi connectivity index (χ3n) is 2.37. The van der Waals surface area contributed by atoms with Crippen LogP contribution in [-0.4, -0.2) is 13.4 Å². The Morgan fingerprint density at radius 3 is 2.33 bits per heavy atom. The number of sulfone groups is 1. The predicted molar refractivity (Wildman–Crippen MR) is 69.4 cm³/mol. The van der Waals surface area contributed by atoms with Crippen molar-refractivity contribution in [2.45, 2.75) is 9.79 Å². The lowest BCUT2D eigenvalue weighted by Gasteiger charge is -2.07. The van der Waals surface area contributed by atoms with E-state index in [0.717, 1.165) is 0 Å². The molecule has 0 unspecified atom stereocenters. The van der Waals surface area contributed by atoms with Gasteiger partial charge in [0, 0.05) is 5.69 Å². The second-order valence-electron chi connectivity index (χ2n) is 3.70. The number of nitrogens with zero attached hydrogens (tertiary/aromatic N) is 1. The standard InChI is InChI=1S/C11H12N4O2S/c12-7-2-1-3-8(6-7)18(16,17)9-4-5-10(13)15-11(9)14/h1-6H,12H2,(H4,13,14,15). The number of anilines is 3. The molecule has 0 aliphatic heterocycles. The van der Waals surface area contributed by atoms with Crippen molar-refractivity contribution in [2.24, 2.45) is 0 Å². The van der Waals surface area contributed by atoms with Crippen LogP contribution in [0.3, 0.4) is 0 Å². The molecule has 0 aliphatic rings. The summed E-state index contributed by atoms with van der Waals surface area (Å²) in [5.74, 6) is 0.0384. The van der Waals surface area contributed by atoms with Gasteiger partial charge in [0.1, 0.15) is 16.5 Å². The summed E-state index contributed by atoms with van der Waals surface area (Å²) in [6, 6.07) is 8.69. The Kier molecular flexibility index (Phi) is 2.84. The van der Waals surface area contributed by atoms with Gasteiger partial charge < -0.3 is 17.2 Å². The molecule has 0 radical (unpaired) electrons. The molecule has 0 atom stereocenters. The van der Waals surface area contributed by atoms with Gasteiger partial charge in [-0.2, -0.15) is 0 Å². The molecule has 0 saturated heterocycles. The normalized spacial score (nSPS) is 11.3. The van der Waals surface area contributed by atoms with Gasteiger partial charge in [0.05, 0.1) is 4.90 Å². The van der Waals surface area contributed by atoms with E-state index in [2.05, 4.69) is 4.98 Å². The molecule has 18 heavy (non-hydrogen) atoms. The van der Waals surface area contributed by atoms with Crippen LogP contribution >= 0.6 is 0 Å². The van der Waals surface area contributed by atoms with Crippen LogP contribution in [0.1, 0.15) is 0 Å². The van der Waals surface area contributed by atoms with E-state index in [1.54, 1.807) is 12.1 Å². The first-order chi connectivity index (χ1) is 8.41. The van der Waals surface area contributed by atoms with Crippen molar-refractivity contribution < 1.29 is 8.42 Å². The zero-order valence-electron chi connectivity index (χ0n) is 9.37. The van der Waals surface area contributed by atoms with Crippen molar-refractivity contribution in [3.05, 3.63) is 36.4 Å². The molecule has 6 nitrogen and oxygen atoms in total. The van der Waals surface area contributed by atoms with Crippen LogP contribution in [0.2, 0.25) is 0 Å². The molecular formula is C11H12N4O2S. The van der Waals surface area contributed by atoms with Crippen LogP contribution in [-0.2, 0) is 9.84 Å². The molecule has 0 amide bonds. The van der Waals surface area contributed by atoms with E-state index >= 15 is 0 Å². The molecule has 2 aromatic rings. The third kappa shape index (κ3) is 2.07. The monoisotopic (exact) mass is 264 g/mol. The van der Waals surface area contributed by atoms with Gasteiger partial charge in [0.25, 0.3) is 0 Å². The number of nitrogen functional groups attached to an aromatic ring is 3. The van der Waals surface area contributed by atoms with Crippen LogP contribution < -0.4 is 17.2 Å². The average molecular weight is 264 g/mol. The molecule has 0 spiro atoms. The minimum Gasteiger partial charge on any atom is -0.399 e. The Hall–Kier alpha value is -2.28. The maximum atomic E-state index is 12.3. The Morgan fingerprint density at radius 1 is 1.00 bits per heavy atom. The summed E-state index contributed by atoms with van der Waals surface area (Å²) in [7, 11) is -3.73. The number of rotatable bonds is 2. The topological polar surface area (TPSA) is 125 Å². The van der Waals surface area contributed by atoms with Crippen LogP contribution in [0.25, 0.3) is 0 Å². The lowest BCUT2D eigenvalue weighted by Crippen LogP contribution is -2.08. The highest BCUT2D eigenvalue weighted by Gasteiger charge is 2.21. The molecule has 0 saturated carbocycles. The number of benzene rings is 1. The molecule has 2 rings (SSSR count). The summed E-state index contributed by atoms with van der Waals surface area (Å²) in [4.78, 5) is 3.72. The Labute approximate surface area is 104 Å².